The molecule has 32 heavy (non-hydrogen) atoms. The molecule has 4 heteroatoms. The molecule has 0 atom stereocenters. The number of nitrogens with zero attached hydrogens (tertiary/aromatic N) is 3. The quantitative estimate of drug-likeness (QED) is 0.368. The number of piperidine rings is 1. The van der Waals surface area contributed by atoms with Gasteiger partial charge in [-0.3, -0.25) is 9.58 Å². The molecule has 0 amide bonds. The number of hydrogen-bond acceptors (Lipinski definition) is 2. The lowest BCUT2D eigenvalue weighted by atomic mass is 9.68. The van der Waals surface area contributed by atoms with E-state index < -0.39 is 0 Å². The number of hydrogen-bond donors (Lipinski definition) is 0. The second-order valence-corrected chi connectivity index (χ2v) is 9.06. The Kier molecular flexibility index (Phi) is 6.11. The number of aromatic nitrogens is 2. The van der Waals surface area contributed by atoms with Crippen LogP contribution in [0.2, 0.25) is 5.02 Å². The van der Waals surface area contributed by atoms with Gasteiger partial charge in [-0.05, 0) is 66.9 Å². The molecule has 161 valence electrons. The van der Waals surface area contributed by atoms with E-state index in [1.165, 1.54) is 11.1 Å². The Hall–Kier alpha value is -2.88. The molecule has 0 aliphatic carbocycles. The lowest BCUT2D eigenvalue weighted by Gasteiger charge is -2.42. The van der Waals surface area contributed by atoms with Crippen LogP contribution in [-0.2, 0) is 18.5 Å². The van der Waals surface area contributed by atoms with Crippen LogP contribution in [0.3, 0.4) is 0 Å². The summed E-state index contributed by atoms with van der Waals surface area (Å²) >= 11 is 5.97. The van der Waals surface area contributed by atoms with Gasteiger partial charge in [-0.25, -0.2) is 0 Å². The summed E-state index contributed by atoms with van der Waals surface area (Å²) in [5, 5.41) is 5.51. The van der Waals surface area contributed by atoms with Crippen LogP contribution < -0.4 is 0 Å². The molecule has 0 N–H and O–H groups in total. The zero-order valence-corrected chi connectivity index (χ0v) is 18.9. The zero-order chi connectivity index (χ0) is 21.8. The molecule has 3 aromatic carbocycles. The van der Waals surface area contributed by atoms with Crippen LogP contribution >= 0.6 is 11.6 Å². The Morgan fingerprint density at radius 2 is 1.47 bits per heavy atom. The van der Waals surface area contributed by atoms with Crippen molar-refractivity contribution in [1.82, 2.24) is 14.7 Å². The maximum absolute atomic E-state index is 5.97. The fraction of sp³-hybridized carbons (Fsp3) is 0.250. The highest BCUT2D eigenvalue weighted by atomic mass is 35.5. The second kappa shape index (κ2) is 9.32. The largest absolute Gasteiger partial charge is 0.297 e. The van der Waals surface area contributed by atoms with Gasteiger partial charge >= 0.3 is 0 Å². The molecular weight excluding hydrogens is 414 g/mol. The minimum Gasteiger partial charge on any atom is -0.297 e. The molecule has 4 aromatic rings. The van der Waals surface area contributed by atoms with Gasteiger partial charge in [0.25, 0.3) is 0 Å². The summed E-state index contributed by atoms with van der Waals surface area (Å²) in [5.74, 6) is 0. The maximum Gasteiger partial charge on any atom is 0.0764 e. The molecule has 0 unspecified atom stereocenters. The van der Waals surface area contributed by atoms with Crippen molar-refractivity contribution >= 4 is 11.6 Å². The molecule has 2 heterocycles. The van der Waals surface area contributed by atoms with Crippen molar-refractivity contribution in [3.05, 3.63) is 125 Å². The molecule has 1 aliphatic heterocycles. The number of rotatable bonds is 6. The standard InChI is InChI=1S/C28H27ClN3/c29-26-13-11-23(12-14-26)21-32-18-15-27(30-32)22-31-19-16-28(17-20-31,24-7-3-1-4-8-24)25-9-5-2-6-10-25/h1-11,13-15,18H,16-17,19-22H2. The summed E-state index contributed by atoms with van der Waals surface area (Å²) in [6.07, 6.45) is 4.28. The van der Waals surface area contributed by atoms with Gasteiger partial charge in [0, 0.05) is 23.2 Å². The van der Waals surface area contributed by atoms with E-state index in [0.717, 1.165) is 43.7 Å². The van der Waals surface area contributed by atoms with E-state index in [1.807, 2.05) is 16.8 Å². The topological polar surface area (TPSA) is 21.1 Å². The summed E-state index contributed by atoms with van der Waals surface area (Å²) < 4.78 is 1.98. The van der Waals surface area contributed by atoms with E-state index in [1.54, 1.807) is 6.07 Å². The molecule has 1 fully saturated rings. The first-order chi connectivity index (χ1) is 15.7. The third-order valence-corrected chi connectivity index (χ3v) is 6.85. The van der Waals surface area contributed by atoms with Gasteiger partial charge in [0.2, 0.25) is 0 Å². The average molecular weight is 441 g/mol. The van der Waals surface area contributed by atoms with E-state index >= 15 is 0 Å². The lowest BCUT2D eigenvalue weighted by Crippen LogP contribution is -2.43. The fourth-order valence-corrected chi connectivity index (χ4v) is 4.98. The Balaban J connectivity index is 1.27. The molecule has 1 aliphatic rings. The highest BCUT2D eigenvalue weighted by molar-refractivity contribution is 6.30. The molecule has 0 bridgehead atoms. The number of benzene rings is 3. The van der Waals surface area contributed by atoms with Gasteiger partial charge in [0.1, 0.15) is 0 Å². The van der Waals surface area contributed by atoms with Crippen LogP contribution in [0.4, 0.5) is 0 Å². The highest BCUT2D eigenvalue weighted by Gasteiger charge is 2.37. The van der Waals surface area contributed by atoms with E-state index in [4.69, 9.17) is 16.7 Å². The van der Waals surface area contributed by atoms with E-state index in [9.17, 15) is 0 Å². The first-order valence-electron chi connectivity index (χ1n) is 11.2. The van der Waals surface area contributed by atoms with Crippen molar-refractivity contribution in [2.45, 2.75) is 31.3 Å². The van der Waals surface area contributed by atoms with E-state index in [0.29, 0.717) is 11.6 Å². The predicted molar refractivity (Wildman–Crippen MR) is 130 cm³/mol. The van der Waals surface area contributed by atoms with Gasteiger partial charge in [0.05, 0.1) is 12.2 Å². The van der Waals surface area contributed by atoms with Crippen molar-refractivity contribution in [1.29, 1.82) is 0 Å². The van der Waals surface area contributed by atoms with Crippen molar-refractivity contribution < 1.29 is 0 Å². The van der Waals surface area contributed by atoms with Crippen LogP contribution in [0.15, 0.2) is 91.1 Å². The Morgan fingerprint density at radius 1 is 0.812 bits per heavy atom. The van der Waals surface area contributed by atoms with E-state index in [-0.39, 0.29) is 5.41 Å². The number of likely N-dealkylation sites (tertiary alicyclic amines) is 1. The van der Waals surface area contributed by atoms with Crippen LogP contribution in [0.25, 0.3) is 0 Å². The monoisotopic (exact) mass is 440 g/mol. The van der Waals surface area contributed by atoms with Crippen LogP contribution in [0.1, 0.15) is 35.2 Å². The Bertz CT molecular complexity index is 1090. The normalized spacial score (nSPS) is 16.2. The summed E-state index contributed by atoms with van der Waals surface area (Å²) in [5.41, 5.74) is 5.13. The summed E-state index contributed by atoms with van der Waals surface area (Å²) in [6.45, 7) is 3.71. The molecule has 3 nitrogen and oxygen atoms in total. The van der Waals surface area contributed by atoms with Gasteiger partial charge in [-0.2, -0.15) is 5.10 Å². The van der Waals surface area contributed by atoms with Gasteiger partial charge < -0.3 is 0 Å². The molecule has 1 radical (unpaired) electrons. The average Bonchev–Trinajstić information content (AvgIpc) is 3.29. The van der Waals surface area contributed by atoms with Crippen molar-refractivity contribution in [2.75, 3.05) is 13.1 Å². The zero-order valence-electron chi connectivity index (χ0n) is 18.1. The first-order valence-corrected chi connectivity index (χ1v) is 11.6. The van der Waals surface area contributed by atoms with Crippen LogP contribution in [-0.4, -0.2) is 27.8 Å². The van der Waals surface area contributed by atoms with Gasteiger partial charge in [0.15, 0.2) is 0 Å². The van der Waals surface area contributed by atoms with Gasteiger partial charge in [-0.15, -0.1) is 0 Å². The Labute approximate surface area is 195 Å². The number of halogens is 1. The maximum atomic E-state index is 5.97. The predicted octanol–water partition coefficient (Wildman–Crippen LogP) is 5.97. The molecular formula is C28H27ClN3. The van der Waals surface area contributed by atoms with Crippen LogP contribution in [0.5, 0.6) is 0 Å². The SMILES string of the molecule is Clc1c[c]c(Cn2ccc(CN3CCC(c4ccccc4)(c4ccccc4)CC3)n2)cc1. The first kappa shape index (κ1) is 21.0. The third kappa shape index (κ3) is 4.50. The summed E-state index contributed by atoms with van der Waals surface area (Å²) in [6, 6.07) is 33.1. The van der Waals surface area contributed by atoms with Crippen molar-refractivity contribution in [2.24, 2.45) is 0 Å². The second-order valence-electron chi connectivity index (χ2n) is 8.63. The Morgan fingerprint density at radius 3 is 2.06 bits per heavy atom. The molecule has 0 saturated carbocycles. The molecule has 1 saturated heterocycles. The van der Waals surface area contributed by atoms with Crippen molar-refractivity contribution in [3.8, 4) is 0 Å². The molecule has 5 rings (SSSR count). The summed E-state index contributed by atoms with van der Waals surface area (Å²) in [7, 11) is 0. The van der Waals surface area contributed by atoms with E-state index in [2.05, 4.69) is 83.9 Å². The minimum absolute atomic E-state index is 0.0861. The third-order valence-electron chi connectivity index (χ3n) is 6.62. The van der Waals surface area contributed by atoms with Crippen LogP contribution in [0, 0.1) is 6.07 Å². The van der Waals surface area contributed by atoms with Crippen molar-refractivity contribution in [3.63, 3.8) is 0 Å². The molecule has 0 spiro atoms. The molecule has 1 aromatic heterocycles. The lowest BCUT2D eigenvalue weighted by molar-refractivity contribution is 0.170. The fourth-order valence-electron chi connectivity index (χ4n) is 4.87. The smallest absolute Gasteiger partial charge is 0.0764 e. The van der Waals surface area contributed by atoms with Gasteiger partial charge in [-0.1, -0.05) is 78.3 Å². The highest BCUT2D eigenvalue weighted by Crippen LogP contribution is 2.41. The minimum atomic E-state index is 0.0861. The summed E-state index contributed by atoms with van der Waals surface area (Å²) in [4.78, 5) is 2.53.